The average molecular weight is 527 g/mol. The molecule has 0 fully saturated rings. The zero-order chi connectivity index (χ0) is 27.6. The molecule has 1 aliphatic carbocycles. The maximum absolute atomic E-state index is 12.1. The minimum absolute atomic E-state index is 0.329. The van der Waals surface area contributed by atoms with Gasteiger partial charge in [-0.1, -0.05) is 60.7 Å². The maximum Gasteiger partial charge on any atom is 0.354 e. The number of aliphatic carboxylic acids is 1. The lowest BCUT2D eigenvalue weighted by Crippen LogP contribution is -2.21. The second kappa shape index (κ2) is 13.5. The molecule has 4 aromatic rings. The van der Waals surface area contributed by atoms with Crippen LogP contribution < -0.4 is 5.32 Å². The normalized spacial score (nSPS) is 11.7. The largest absolute Gasteiger partial charge is 0.481 e. The molecule has 8 heteroatoms. The van der Waals surface area contributed by atoms with Gasteiger partial charge in [0.2, 0.25) is 0 Å². The topological polar surface area (TPSA) is 117 Å². The van der Waals surface area contributed by atoms with Gasteiger partial charge in [-0.3, -0.25) is 14.5 Å². The monoisotopic (exact) mass is 526 g/mol. The summed E-state index contributed by atoms with van der Waals surface area (Å²) >= 11 is 0. The van der Waals surface area contributed by atoms with Crippen LogP contribution in [-0.2, 0) is 24.2 Å². The van der Waals surface area contributed by atoms with Crippen molar-refractivity contribution in [1.82, 2.24) is 20.1 Å². The summed E-state index contributed by atoms with van der Waals surface area (Å²) in [6, 6.07) is 23.2. The van der Waals surface area contributed by atoms with Crippen LogP contribution in [0.2, 0.25) is 0 Å². The van der Waals surface area contributed by atoms with Gasteiger partial charge >= 0.3 is 5.97 Å². The first kappa shape index (κ1) is 27.7. The van der Waals surface area contributed by atoms with Gasteiger partial charge in [-0.15, -0.1) is 0 Å². The molecule has 2 aromatic heterocycles. The predicted molar refractivity (Wildman–Crippen MR) is 150 cm³/mol. The quantitative estimate of drug-likeness (QED) is 0.248. The van der Waals surface area contributed by atoms with Crippen molar-refractivity contribution in [2.24, 2.45) is 0 Å². The fourth-order valence-electron chi connectivity index (χ4n) is 5.09. The molecule has 0 aliphatic heterocycles. The molecule has 0 unspecified atom stereocenters. The van der Waals surface area contributed by atoms with Crippen molar-refractivity contribution in [2.75, 3.05) is 13.1 Å². The first-order valence-electron chi connectivity index (χ1n) is 13.2. The molecule has 2 aromatic carbocycles. The van der Waals surface area contributed by atoms with Crippen molar-refractivity contribution in [2.45, 2.75) is 45.1 Å². The van der Waals surface area contributed by atoms with E-state index in [1.165, 1.54) is 11.1 Å². The van der Waals surface area contributed by atoms with Crippen molar-refractivity contribution >= 4 is 11.9 Å². The van der Waals surface area contributed by atoms with E-state index in [0.29, 0.717) is 24.6 Å². The number of fused-ring (bicyclic) bond motifs is 3. The standard InChI is InChI=1S/C29H30N4O2.C2H4O2/c34-29(35)28-26-13-12-23-20-31-18-15-25(23)27(26)32-33(28)19-7-16-30-17-14-24(21-8-3-1-4-9-21)22-10-5-2-6-11-22;1-2(3)4/h1-6,8-11,15,18,20,24,30H,7,12-14,16-17,19H2,(H,34,35);1H3,(H,3,4). The van der Waals surface area contributed by atoms with Gasteiger partial charge in [0, 0.05) is 42.9 Å². The summed E-state index contributed by atoms with van der Waals surface area (Å²) in [6.07, 6.45) is 6.90. The van der Waals surface area contributed by atoms with Crippen molar-refractivity contribution in [3.8, 4) is 11.3 Å². The number of carbonyl (C=O) groups is 2. The van der Waals surface area contributed by atoms with Crippen molar-refractivity contribution < 1.29 is 19.8 Å². The average Bonchev–Trinajstić information content (AvgIpc) is 3.32. The summed E-state index contributed by atoms with van der Waals surface area (Å²) in [5.74, 6) is -1.39. The Labute approximate surface area is 228 Å². The molecule has 0 atom stereocenters. The van der Waals surface area contributed by atoms with Gasteiger partial charge < -0.3 is 15.5 Å². The third-order valence-electron chi connectivity index (χ3n) is 6.79. The molecule has 0 saturated heterocycles. The Morgan fingerprint density at radius 3 is 2.21 bits per heavy atom. The number of aromatic nitrogens is 3. The van der Waals surface area contributed by atoms with Gasteiger partial charge in [-0.25, -0.2) is 4.79 Å². The Hall–Kier alpha value is -4.30. The summed E-state index contributed by atoms with van der Waals surface area (Å²) in [5, 5.41) is 25.6. The van der Waals surface area contributed by atoms with E-state index in [-0.39, 0.29) is 0 Å². The lowest BCUT2D eigenvalue weighted by atomic mass is 9.88. The van der Waals surface area contributed by atoms with E-state index < -0.39 is 11.9 Å². The van der Waals surface area contributed by atoms with Gasteiger partial charge in [0.1, 0.15) is 5.69 Å². The zero-order valence-electron chi connectivity index (χ0n) is 22.1. The van der Waals surface area contributed by atoms with E-state index in [9.17, 15) is 9.90 Å². The summed E-state index contributed by atoms with van der Waals surface area (Å²) in [6.45, 7) is 3.35. The van der Waals surface area contributed by atoms with Gasteiger partial charge in [0.25, 0.3) is 5.97 Å². The van der Waals surface area contributed by atoms with Crippen LogP contribution in [0, 0.1) is 0 Å². The second-order valence-corrected chi connectivity index (χ2v) is 9.52. The third-order valence-corrected chi connectivity index (χ3v) is 6.79. The highest BCUT2D eigenvalue weighted by Gasteiger charge is 2.28. The Morgan fingerprint density at radius 2 is 1.59 bits per heavy atom. The second-order valence-electron chi connectivity index (χ2n) is 9.52. The maximum atomic E-state index is 12.1. The van der Waals surface area contributed by atoms with Crippen LogP contribution in [-0.4, -0.2) is 50.0 Å². The van der Waals surface area contributed by atoms with Crippen LogP contribution in [0.4, 0.5) is 0 Å². The highest BCUT2D eigenvalue weighted by molar-refractivity contribution is 5.90. The number of aromatic carboxylic acids is 1. The number of hydrogen-bond donors (Lipinski definition) is 3. The number of carboxylic acids is 2. The minimum Gasteiger partial charge on any atom is -0.481 e. The SMILES string of the molecule is CC(=O)O.O=C(O)c1c2c(nn1CCCNCCC(c1ccccc1)c1ccccc1)-c1ccncc1CC2. The predicted octanol–water partition coefficient (Wildman–Crippen LogP) is 5.03. The van der Waals surface area contributed by atoms with E-state index in [1.807, 2.05) is 12.3 Å². The lowest BCUT2D eigenvalue weighted by Gasteiger charge is -2.18. The summed E-state index contributed by atoms with van der Waals surface area (Å²) in [4.78, 5) is 25.3. The molecule has 0 radical (unpaired) electrons. The molecule has 0 amide bonds. The van der Waals surface area contributed by atoms with Gasteiger partial charge in [0.05, 0.1) is 5.69 Å². The Balaban J connectivity index is 0.000000826. The molecule has 0 bridgehead atoms. The molecule has 39 heavy (non-hydrogen) atoms. The minimum atomic E-state index is -0.905. The number of hydrogen-bond acceptors (Lipinski definition) is 5. The number of aryl methyl sites for hydroxylation is 2. The summed E-state index contributed by atoms with van der Waals surface area (Å²) in [5.41, 5.74) is 6.76. The lowest BCUT2D eigenvalue weighted by molar-refractivity contribution is -0.134. The molecule has 3 N–H and O–H groups in total. The molecule has 2 heterocycles. The number of benzene rings is 2. The van der Waals surface area contributed by atoms with E-state index in [1.54, 1.807) is 10.9 Å². The van der Waals surface area contributed by atoms with E-state index in [2.05, 4.69) is 71.0 Å². The number of carboxylic acid groups (broad SMARTS) is 2. The van der Waals surface area contributed by atoms with Crippen LogP contribution >= 0.6 is 0 Å². The molecule has 0 spiro atoms. The Bertz CT molecular complexity index is 1340. The first-order chi connectivity index (χ1) is 19.0. The molecule has 202 valence electrons. The summed E-state index contributed by atoms with van der Waals surface area (Å²) in [7, 11) is 0. The number of nitrogens with zero attached hydrogens (tertiary/aromatic N) is 3. The molecule has 1 aliphatic rings. The van der Waals surface area contributed by atoms with Gasteiger partial charge in [-0.2, -0.15) is 5.10 Å². The molecular weight excluding hydrogens is 492 g/mol. The van der Waals surface area contributed by atoms with Crippen LogP contribution in [0.5, 0.6) is 0 Å². The van der Waals surface area contributed by atoms with Crippen LogP contribution in [0.25, 0.3) is 11.3 Å². The van der Waals surface area contributed by atoms with Crippen LogP contribution in [0.15, 0.2) is 79.1 Å². The van der Waals surface area contributed by atoms with Gasteiger partial charge in [0.15, 0.2) is 0 Å². The van der Waals surface area contributed by atoms with Crippen molar-refractivity contribution in [3.63, 3.8) is 0 Å². The number of nitrogens with one attached hydrogen (secondary N) is 1. The van der Waals surface area contributed by atoms with Crippen molar-refractivity contribution in [3.05, 3.63) is 107 Å². The number of pyridine rings is 1. The van der Waals surface area contributed by atoms with E-state index >= 15 is 0 Å². The van der Waals surface area contributed by atoms with E-state index in [4.69, 9.17) is 15.0 Å². The molecule has 8 nitrogen and oxygen atoms in total. The fraction of sp³-hybridized carbons (Fsp3) is 0.290. The molecule has 5 rings (SSSR count). The van der Waals surface area contributed by atoms with Crippen LogP contribution in [0.3, 0.4) is 0 Å². The van der Waals surface area contributed by atoms with E-state index in [0.717, 1.165) is 61.7 Å². The highest BCUT2D eigenvalue weighted by atomic mass is 16.4. The van der Waals surface area contributed by atoms with Gasteiger partial charge in [-0.05, 0) is 61.5 Å². The highest BCUT2D eigenvalue weighted by Crippen LogP contribution is 2.34. The smallest absolute Gasteiger partial charge is 0.354 e. The summed E-state index contributed by atoms with van der Waals surface area (Å²) < 4.78 is 1.68. The first-order valence-corrected chi connectivity index (χ1v) is 13.2. The zero-order valence-corrected chi connectivity index (χ0v) is 22.1. The van der Waals surface area contributed by atoms with Crippen LogP contribution in [0.1, 0.15) is 58.4 Å². The Morgan fingerprint density at radius 1 is 0.949 bits per heavy atom. The van der Waals surface area contributed by atoms with Crippen molar-refractivity contribution in [1.29, 1.82) is 0 Å². The Kier molecular flexibility index (Phi) is 9.58. The molecular formula is C31H34N4O4. The fourth-order valence-corrected chi connectivity index (χ4v) is 5.09. The molecule has 0 saturated carbocycles. The number of rotatable bonds is 10. The third kappa shape index (κ3) is 7.18.